The first-order chi connectivity index (χ1) is 15.5. The Morgan fingerprint density at radius 1 is 1.12 bits per heavy atom. The van der Waals surface area contributed by atoms with Crippen LogP contribution in [0.25, 0.3) is 22.4 Å². The Balaban J connectivity index is 1.23. The van der Waals surface area contributed by atoms with Gasteiger partial charge in [0.25, 0.3) is 6.01 Å². The van der Waals surface area contributed by atoms with Gasteiger partial charge in [-0.3, -0.25) is 10.2 Å². The standard InChI is InChI=1S/C21H20ClN5O5/c22-11-5-13-20(25-21(23-13)32-15-8-31-18-14(28)7-30-19(15)18)24-17(11)10-3-1-9(2-4-10)12-6-16(29)27-26-12/h1-5,12,14-15,18-19,26,28H,6-8H2,(H,27,29)(H,23,24,25)/t12?,14?,15-,18-,19-/m1/s1. The van der Waals surface area contributed by atoms with Crippen LogP contribution in [0.15, 0.2) is 30.3 Å². The van der Waals surface area contributed by atoms with Crippen molar-refractivity contribution in [3.05, 3.63) is 40.9 Å². The van der Waals surface area contributed by atoms with Gasteiger partial charge in [0.15, 0.2) is 11.8 Å². The number of carbonyl (C=O) groups excluding carboxylic acids is 1. The number of amides is 1. The number of fused-ring (bicyclic) bond motifs is 2. The van der Waals surface area contributed by atoms with E-state index in [2.05, 4.69) is 25.8 Å². The molecule has 5 heterocycles. The predicted molar refractivity (Wildman–Crippen MR) is 113 cm³/mol. The molecule has 1 amide bonds. The topological polar surface area (TPSA) is 131 Å². The molecule has 3 fully saturated rings. The van der Waals surface area contributed by atoms with Gasteiger partial charge in [0.1, 0.15) is 18.3 Å². The summed E-state index contributed by atoms with van der Waals surface area (Å²) >= 11 is 6.51. The molecule has 3 aliphatic heterocycles. The summed E-state index contributed by atoms with van der Waals surface area (Å²) in [4.78, 5) is 23.6. The second-order valence-electron chi connectivity index (χ2n) is 8.12. The fourth-order valence-corrected chi connectivity index (χ4v) is 4.63. The Kier molecular flexibility index (Phi) is 4.77. The van der Waals surface area contributed by atoms with Gasteiger partial charge in [-0.15, -0.1) is 0 Å². The molecule has 3 saturated heterocycles. The summed E-state index contributed by atoms with van der Waals surface area (Å²) in [6.45, 7) is 0.546. The molecule has 0 saturated carbocycles. The number of aromatic nitrogens is 3. The summed E-state index contributed by atoms with van der Waals surface area (Å²) in [5.41, 5.74) is 9.13. The van der Waals surface area contributed by atoms with Crippen molar-refractivity contribution < 1.29 is 24.1 Å². The third-order valence-electron chi connectivity index (χ3n) is 6.01. The number of carbonyl (C=O) groups is 1. The van der Waals surface area contributed by atoms with E-state index in [1.807, 2.05) is 24.3 Å². The third-order valence-corrected chi connectivity index (χ3v) is 6.30. The zero-order chi connectivity index (χ0) is 21.8. The van der Waals surface area contributed by atoms with Gasteiger partial charge < -0.3 is 24.3 Å². The number of hydrazine groups is 1. The molecule has 166 valence electrons. The number of pyridine rings is 1. The van der Waals surface area contributed by atoms with Crippen molar-refractivity contribution >= 4 is 28.7 Å². The van der Waals surface area contributed by atoms with E-state index in [9.17, 15) is 9.90 Å². The summed E-state index contributed by atoms with van der Waals surface area (Å²) in [6.07, 6.45) is -1.31. The number of hydrogen-bond donors (Lipinski definition) is 4. The predicted octanol–water partition coefficient (Wildman–Crippen LogP) is 1.25. The maximum absolute atomic E-state index is 11.4. The van der Waals surface area contributed by atoms with Crippen LogP contribution in [0.5, 0.6) is 6.01 Å². The normalized spacial score (nSPS) is 29.4. The first kappa shape index (κ1) is 19.9. The highest BCUT2D eigenvalue weighted by Gasteiger charge is 2.48. The van der Waals surface area contributed by atoms with E-state index in [0.717, 1.165) is 11.1 Å². The molecular formula is C21H20ClN5O5. The summed E-state index contributed by atoms with van der Waals surface area (Å²) in [6, 6.07) is 9.73. The molecule has 3 aliphatic rings. The quantitative estimate of drug-likeness (QED) is 0.460. The zero-order valence-corrected chi connectivity index (χ0v) is 17.5. The second-order valence-corrected chi connectivity index (χ2v) is 8.53. The lowest BCUT2D eigenvalue weighted by atomic mass is 10.0. The molecule has 32 heavy (non-hydrogen) atoms. The molecule has 2 aromatic heterocycles. The highest BCUT2D eigenvalue weighted by molar-refractivity contribution is 6.33. The van der Waals surface area contributed by atoms with Crippen LogP contribution >= 0.6 is 11.6 Å². The molecule has 5 atom stereocenters. The number of nitrogens with zero attached hydrogens (tertiary/aromatic N) is 2. The first-order valence-corrected chi connectivity index (χ1v) is 10.7. The molecular weight excluding hydrogens is 438 g/mol. The van der Waals surface area contributed by atoms with Gasteiger partial charge in [-0.05, 0) is 11.6 Å². The zero-order valence-electron chi connectivity index (χ0n) is 16.7. The molecule has 0 bridgehead atoms. The third kappa shape index (κ3) is 3.40. The lowest BCUT2D eigenvalue weighted by Crippen LogP contribution is -2.34. The van der Waals surface area contributed by atoms with Crippen LogP contribution in [0.4, 0.5) is 0 Å². The Morgan fingerprint density at radius 3 is 2.72 bits per heavy atom. The van der Waals surface area contributed by atoms with E-state index in [1.165, 1.54) is 0 Å². The van der Waals surface area contributed by atoms with E-state index in [-0.39, 0.29) is 36.9 Å². The number of hydrogen-bond acceptors (Lipinski definition) is 8. The van der Waals surface area contributed by atoms with E-state index in [0.29, 0.717) is 40.9 Å². The fraction of sp³-hybridized carbons (Fsp3) is 0.381. The Morgan fingerprint density at radius 2 is 1.94 bits per heavy atom. The second kappa shape index (κ2) is 7.68. The minimum Gasteiger partial charge on any atom is -0.456 e. The average molecular weight is 458 g/mol. The molecule has 10 nitrogen and oxygen atoms in total. The summed E-state index contributed by atoms with van der Waals surface area (Å²) < 4.78 is 17.1. The molecule has 6 rings (SSSR count). The van der Waals surface area contributed by atoms with Crippen LogP contribution < -0.4 is 15.6 Å². The van der Waals surface area contributed by atoms with Crippen LogP contribution in [-0.4, -0.2) is 63.6 Å². The molecule has 4 N–H and O–H groups in total. The highest BCUT2D eigenvalue weighted by atomic mass is 35.5. The summed E-state index contributed by atoms with van der Waals surface area (Å²) in [5, 5.41) is 10.4. The van der Waals surface area contributed by atoms with Crippen molar-refractivity contribution in [2.75, 3.05) is 13.2 Å². The van der Waals surface area contributed by atoms with E-state index in [1.54, 1.807) is 6.07 Å². The van der Waals surface area contributed by atoms with Gasteiger partial charge in [-0.1, -0.05) is 35.9 Å². The van der Waals surface area contributed by atoms with Crippen molar-refractivity contribution in [1.29, 1.82) is 0 Å². The number of aliphatic hydroxyl groups is 1. The summed E-state index contributed by atoms with van der Waals surface area (Å²) in [5.74, 6) is -0.0267. The molecule has 2 unspecified atom stereocenters. The van der Waals surface area contributed by atoms with Crippen LogP contribution in [0.1, 0.15) is 18.0 Å². The number of nitrogens with one attached hydrogen (secondary N) is 3. The van der Waals surface area contributed by atoms with Gasteiger partial charge in [-0.25, -0.2) is 10.4 Å². The lowest BCUT2D eigenvalue weighted by Gasteiger charge is -2.15. The number of ether oxygens (including phenoxy) is 3. The highest BCUT2D eigenvalue weighted by Crippen LogP contribution is 2.33. The molecule has 1 aromatic carbocycles. The van der Waals surface area contributed by atoms with Gasteiger partial charge in [-0.2, -0.15) is 4.98 Å². The fourth-order valence-electron chi connectivity index (χ4n) is 4.37. The van der Waals surface area contributed by atoms with Crippen molar-refractivity contribution in [1.82, 2.24) is 25.8 Å². The monoisotopic (exact) mass is 457 g/mol. The number of halogens is 1. The number of aromatic amines is 1. The number of rotatable bonds is 4. The molecule has 3 aromatic rings. The van der Waals surface area contributed by atoms with Gasteiger partial charge in [0.2, 0.25) is 5.91 Å². The van der Waals surface area contributed by atoms with Crippen LogP contribution in [-0.2, 0) is 14.3 Å². The maximum Gasteiger partial charge on any atom is 0.296 e. The van der Waals surface area contributed by atoms with Gasteiger partial charge in [0, 0.05) is 12.0 Å². The SMILES string of the molecule is O=C1CC(c2ccc(-c3nc4nc(O[C@@H]5CO[C@@H]6C(O)CO[C@@H]65)[nH]c4cc3Cl)cc2)NN1. The van der Waals surface area contributed by atoms with Gasteiger partial charge >= 0.3 is 0 Å². The van der Waals surface area contributed by atoms with Crippen molar-refractivity contribution in [2.45, 2.75) is 36.9 Å². The van der Waals surface area contributed by atoms with Crippen LogP contribution in [0.2, 0.25) is 5.02 Å². The molecule has 0 spiro atoms. The molecule has 0 aliphatic carbocycles. The number of H-pyrrole nitrogens is 1. The van der Waals surface area contributed by atoms with E-state index < -0.39 is 6.10 Å². The summed E-state index contributed by atoms with van der Waals surface area (Å²) in [7, 11) is 0. The minimum absolute atomic E-state index is 0.0267. The number of aliphatic hydroxyl groups excluding tert-OH is 1. The average Bonchev–Trinajstić information content (AvgIpc) is 3.55. The Bertz CT molecular complexity index is 1190. The lowest BCUT2D eigenvalue weighted by molar-refractivity contribution is -0.119. The minimum atomic E-state index is -0.639. The van der Waals surface area contributed by atoms with E-state index in [4.69, 9.17) is 25.8 Å². The Labute approximate surface area is 187 Å². The van der Waals surface area contributed by atoms with Crippen LogP contribution in [0, 0.1) is 0 Å². The van der Waals surface area contributed by atoms with Crippen LogP contribution in [0.3, 0.4) is 0 Å². The molecule has 0 radical (unpaired) electrons. The smallest absolute Gasteiger partial charge is 0.296 e. The van der Waals surface area contributed by atoms with Crippen molar-refractivity contribution in [2.24, 2.45) is 0 Å². The largest absolute Gasteiger partial charge is 0.456 e. The number of imidazole rings is 1. The first-order valence-electron chi connectivity index (χ1n) is 10.3. The Hall–Kier alpha value is -2.76. The molecule has 11 heteroatoms. The van der Waals surface area contributed by atoms with E-state index >= 15 is 0 Å². The van der Waals surface area contributed by atoms with Gasteiger partial charge in [0.05, 0.1) is 35.5 Å². The van der Waals surface area contributed by atoms with Crippen molar-refractivity contribution in [3.8, 4) is 17.3 Å². The number of benzene rings is 1. The van der Waals surface area contributed by atoms with Crippen molar-refractivity contribution in [3.63, 3.8) is 0 Å². The maximum atomic E-state index is 11.4.